The van der Waals surface area contributed by atoms with E-state index in [9.17, 15) is 9.90 Å². The number of amides is 1. The molecule has 2 aromatic rings. The van der Waals surface area contributed by atoms with Crippen LogP contribution >= 0.6 is 0 Å². The number of carbonyl (C=O) groups is 1. The minimum atomic E-state index is -0.371. The number of piperidine rings is 1. The second-order valence-electron chi connectivity index (χ2n) is 9.07. The zero-order chi connectivity index (χ0) is 20.5. The Morgan fingerprint density at radius 3 is 2.73 bits per heavy atom. The van der Waals surface area contributed by atoms with Crippen molar-refractivity contribution in [1.29, 1.82) is 0 Å². The molecule has 0 bridgehead atoms. The van der Waals surface area contributed by atoms with Crippen LogP contribution in [0.15, 0.2) is 36.8 Å². The molecule has 0 saturated carbocycles. The van der Waals surface area contributed by atoms with Crippen molar-refractivity contribution < 1.29 is 14.6 Å². The van der Waals surface area contributed by atoms with Gasteiger partial charge in [-0.25, -0.2) is 4.98 Å². The summed E-state index contributed by atoms with van der Waals surface area (Å²) in [7, 11) is 0. The van der Waals surface area contributed by atoms with Gasteiger partial charge >= 0.3 is 0 Å². The van der Waals surface area contributed by atoms with E-state index in [2.05, 4.69) is 33.8 Å². The highest BCUT2D eigenvalue weighted by Crippen LogP contribution is 2.42. The van der Waals surface area contributed by atoms with Crippen LogP contribution < -0.4 is 0 Å². The van der Waals surface area contributed by atoms with E-state index in [0.717, 1.165) is 57.7 Å². The Morgan fingerprint density at radius 2 is 1.93 bits per heavy atom. The number of aliphatic hydroxyl groups excluding tert-OH is 1. The predicted octanol–water partition coefficient (Wildman–Crippen LogP) is 3.26. The Bertz CT molecular complexity index is 881. The number of imidazole rings is 1. The van der Waals surface area contributed by atoms with Crippen LogP contribution in [-0.4, -0.2) is 57.9 Å². The molecule has 30 heavy (non-hydrogen) atoms. The van der Waals surface area contributed by atoms with Crippen LogP contribution in [0.25, 0.3) is 11.3 Å². The lowest BCUT2D eigenvalue weighted by Gasteiger charge is -2.36. The summed E-state index contributed by atoms with van der Waals surface area (Å²) in [5.74, 6) is 1.00. The van der Waals surface area contributed by atoms with Gasteiger partial charge in [0.05, 0.1) is 30.4 Å². The Hall–Kier alpha value is -2.18. The minimum absolute atomic E-state index is 0.141. The monoisotopic (exact) mass is 409 g/mol. The van der Waals surface area contributed by atoms with E-state index < -0.39 is 0 Å². The average Bonchev–Trinajstić information content (AvgIpc) is 3.37. The normalized spacial score (nSPS) is 23.2. The molecule has 2 fully saturated rings. The number of ether oxygens (including phenoxy) is 1. The van der Waals surface area contributed by atoms with Gasteiger partial charge in [0.15, 0.2) is 0 Å². The van der Waals surface area contributed by atoms with E-state index in [1.165, 1.54) is 11.1 Å². The van der Waals surface area contributed by atoms with Crippen molar-refractivity contribution in [3.05, 3.63) is 42.4 Å². The summed E-state index contributed by atoms with van der Waals surface area (Å²) < 4.78 is 7.60. The first kappa shape index (κ1) is 19.8. The van der Waals surface area contributed by atoms with Gasteiger partial charge in [-0.05, 0) is 49.5 Å². The Balaban J connectivity index is 1.17. The molecule has 0 aliphatic carbocycles. The first-order chi connectivity index (χ1) is 14.7. The van der Waals surface area contributed by atoms with Gasteiger partial charge in [0.25, 0.3) is 0 Å². The Labute approximate surface area is 177 Å². The van der Waals surface area contributed by atoms with Crippen molar-refractivity contribution in [3.8, 4) is 11.3 Å². The quantitative estimate of drug-likeness (QED) is 0.823. The number of hydrogen-bond donors (Lipinski definition) is 1. The standard InChI is InChI=1S/C24H31N3O3/c28-23(14-21-19-3-1-2-4-20(19)22-15-25-16-27(21)22)18-5-9-26(10-6-18)24(29)13-17-7-11-30-12-8-17/h1-4,15-18,21,23,28H,5-14H2. The number of benzene rings is 1. The molecule has 2 atom stereocenters. The zero-order valence-electron chi connectivity index (χ0n) is 17.4. The summed E-state index contributed by atoms with van der Waals surface area (Å²) in [5.41, 5.74) is 3.63. The number of rotatable bonds is 5. The molecular formula is C24H31N3O3. The molecule has 1 aromatic heterocycles. The highest BCUT2D eigenvalue weighted by atomic mass is 16.5. The van der Waals surface area contributed by atoms with E-state index in [0.29, 0.717) is 18.8 Å². The molecular weight excluding hydrogens is 378 g/mol. The topological polar surface area (TPSA) is 67.6 Å². The third-order valence-corrected chi connectivity index (χ3v) is 7.30. The number of carbonyl (C=O) groups excluding carboxylic acids is 1. The fourth-order valence-corrected chi connectivity index (χ4v) is 5.45. The van der Waals surface area contributed by atoms with Crippen LogP contribution in [0.2, 0.25) is 0 Å². The smallest absolute Gasteiger partial charge is 0.222 e. The van der Waals surface area contributed by atoms with Gasteiger partial charge in [-0.15, -0.1) is 0 Å². The summed E-state index contributed by atoms with van der Waals surface area (Å²) >= 11 is 0. The molecule has 5 rings (SSSR count). The van der Waals surface area contributed by atoms with Crippen molar-refractivity contribution in [3.63, 3.8) is 0 Å². The van der Waals surface area contributed by atoms with Gasteiger partial charge in [0.1, 0.15) is 0 Å². The highest BCUT2D eigenvalue weighted by Gasteiger charge is 2.34. The fourth-order valence-electron chi connectivity index (χ4n) is 5.45. The summed E-state index contributed by atoms with van der Waals surface area (Å²) in [6, 6.07) is 8.57. The van der Waals surface area contributed by atoms with Crippen LogP contribution in [0.5, 0.6) is 0 Å². The van der Waals surface area contributed by atoms with Crippen LogP contribution in [0.3, 0.4) is 0 Å². The summed E-state index contributed by atoms with van der Waals surface area (Å²) in [4.78, 5) is 19.0. The van der Waals surface area contributed by atoms with E-state index in [4.69, 9.17) is 4.74 Å². The summed E-state index contributed by atoms with van der Waals surface area (Å²) in [5, 5.41) is 11.1. The van der Waals surface area contributed by atoms with Crippen LogP contribution in [0, 0.1) is 11.8 Å². The Kier molecular flexibility index (Phi) is 5.61. The molecule has 6 heteroatoms. The molecule has 1 aromatic carbocycles. The van der Waals surface area contributed by atoms with Crippen molar-refractivity contribution in [2.75, 3.05) is 26.3 Å². The molecule has 1 N–H and O–H groups in total. The molecule has 6 nitrogen and oxygen atoms in total. The lowest BCUT2D eigenvalue weighted by molar-refractivity contribution is -0.135. The van der Waals surface area contributed by atoms with Gasteiger partial charge < -0.3 is 19.3 Å². The average molecular weight is 410 g/mol. The number of hydrogen-bond acceptors (Lipinski definition) is 4. The molecule has 0 spiro atoms. The SMILES string of the molecule is O=C(CC1CCOCC1)N1CCC(C(O)CC2c3ccccc3-c3cncn32)CC1. The van der Waals surface area contributed by atoms with Crippen LogP contribution in [0.4, 0.5) is 0 Å². The molecule has 160 valence electrons. The number of aliphatic hydroxyl groups is 1. The molecule has 4 heterocycles. The van der Waals surface area contributed by atoms with Gasteiger partial charge in [-0.2, -0.15) is 0 Å². The van der Waals surface area contributed by atoms with E-state index in [1.54, 1.807) is 0 Å². The lowest BCUT2D eigenvalue weighted by Crippen LogP contribution is -2.42. The summed E-state index contributed by atoms with van der Waals surface area (Å²) in [6.07, 6.45) is 8.53. The first-order valence-corrected chi connectivity index (χ1v) is 11.4. The molecule has 2 saturated heterocycles. The molecule has 0 radical (unpaired) electrons. The van der Waals surface area contributed by atoms with Crippen LogP contribution in [0.1, 0.15) is 50.1 Å². The first-order valence-electron chi connectivity index (χ1n) is 11.4. The third-order valence-electron chi connectivity index (χ3n) is 7.30. The minimum Gasteiger partial charge on any atom is -0.393 e. The molecule has 1 amide bonds. The fraction of sp³-hybridized carbons (Fsp3) is 0.583. The van der Waals surface area contributed by atoms with Crippen molar-refractivity contribution >= 4 is 5.91 Å². The maximum absolute atomic E-state index is 12.7. The number of aromatic nitrogens is 2. The van der Waals surface area contributed by atoms with Gasteiger partial charge in [-0.3, -0.25) is 4.79 Å². The third kappa shape index (κ3) is 3.79. The van der Waals surface area contributed by atoms with E-state index >= 15 is 0 Å². The Morgan fingerprint density at radius 1 is 1.17 bits per heavy atom. The zero-order valence-corrected chi connectivity index (χ0v) is 17.4. The lowest BCUT2D eigenvalue weighted by atomic mass is 9.86. The van der Waals surface area contributed by atoms with Gasteiger partial charge in [-0.1, -0.05) is 24.3 Å². The molecule has 3 aliphatic heterocycles. The van der Waals surface area contributed by atoms with Crippen molar-refractivity contribution in [2.45, 2.75) is 50.7 Å². The van der Waals surface area contributed by atoms with Gasteiger partial charge in [0, 0.05) is 38.3 Å². The maximum Gasteiger partial charge on any atom is 0.222 e. The van der Waals surface area contributed by atoms with E-state index in [1.807, 2.05) is 17.4 Å². The second kappa shape index (κ2) is 8.52. The molecule has 3 aliphatic rings. The van der Waals surface area contributed by atoms with Crippen molar-refractivity contribution in [2.24, 2.45) is 11.8 Å². The molecule has 2 unspecified atom stereocenters. The highest BCUT2D eigenvalue weighted by molar-refractivity contribution is 5.76. The summed E-state index contributed by atoms with van der Waals surface area (Å²) in [6.45, 7) is 3.10. The predicted molar refractivity (Wildman–Crippen MR) is 114 cm³/mol. The number of fused-ring (bicyclic) bond motifs is 3. The number of nitrogens with zero attached hydrogens (tertiary/aromatic N) is 3. The second-order valence-corrected chi connectivity index (χ2v) is 9.07. The van der Waals surface area contributed by atoms with E-state index in [-0.39, 0.29) is 24.0 Å². The number of likely N-dealkylation sites (tertiary alicyclic amines) is 1. The maximum atomic E-state index is 12.7. The van der Waals surface area contributed by atoms with Gasteiger partial charge in [0.2, 0.25) is 5.91 Å². The van der Waals surface area contributed by atoms with Crippen molar-refractivity contribution in [1.82, 2.24) is 14.5 Å². The largest absolute Gasteiger partial charge is 0.393 e. The van der Waals surface area contributed by atoms with Crippen LogP contribution in [-0.2, 0) is 9.53 Å².